The Balaban J connectivity index is 1.02. The quantitative estimate of drug-likeness (QED) is 0.0240. The Morgan fingerprint density at radius 2 is 0.607 bits per heavy atom. The summed E-state index contributed by atoms with van der Waals surface area (Å²) in [4.78, 5) is 51.6. The predicted octanol–water partition coefficient (Wildman–Crippen LogP) is 15.7. The topological polar surface area (TPSA) is 252 Å². The molecular weight excluding hydrogens is 1110 g/mol. The lowest BCUT2D eigenvalue weighted by Crippen LogP contribution is -2.10. The van der Waals surface area contributed by atoms with Crippen molar-refractivity contribution in [2.45, 2.75) is 11.8 Å². The first kappa shape index (κ1) is 60.4. The van der Waals surface area contributed by atoms with Crippen molar-refractivity contribution in [1.29, 1.82) is 21.0 Å². The van der Waals surface area contributed by atoms with Gasteiger partial charge in [-0.25, -0.2) is 19.2 Å². The van der Waals surface area contributed by atoms with Crippen LogP contribution in [0.15, 0.2) is 247 Å². The highest BCUT2D eigenvalue weighted by Gasteiger charge is 2.21. The molecule has 9 rings (SSSR count). The first-order valence-electron chi connectivity index (χ1n) is 27.3. The number of carboxylic acids is 4. The molecule has 9 aromatic rings. The minimum absolute atomic E-state index is 0.231. The van der Waals surface area contributed by atoms with Crippen molar-refractivity contribution < 1.29 is 39.6 Å². The SMILES string of the molecule is [C-]#[N+]C(=Cc1ccc(C(c2ccc(C=CC#N)cc2)c2ccc(-c3ccc(N(c4ccc(C=C(C#N)C(=O)O)cc4)c4ccc(-c5ccc(C(c6ccc(C=C(C#N)C(=O)O)cc6)c6ccc(C=C(C#N)C(=O)O)cc6)cc5)cc4)cc3)cc2)cc1)C(=O)O. The lowest BCUT2D eigenvalue weighted by Gasteiger charge is -2.26. The number of carbonyl (C=O) groups is 4. The molecule has 0 radical (unpaired) electrons. The van der Waals surface area contributed by atoms with E-state index in [9.17, 15) is 55.4 Å². The summed E-state index contributed by atoms with van der Waals surface area (Å²) in [6.45, 7) is 7.28. The van der Waals surface area contributed by atoms with Gasteiger partial charge < -0.3 is 25.3 Å². The van der Waals surface area contributed by atoms with Crippen LogP contribution in [0, 0.1) is 51.9 Å². The molecule has 426 valence electrons. The molecule has 1 atom stereocenters. The van der Waals surface area contributed by atoms with Gasteiger partial charge in [0.25, 0.3) is 5.70 Å². The van der Waals surface area contributed by atoms with Crippen molar-refractivity contribution in [3.05, 3.63) is 319 Å². The summed E-state index contributed by atoms with van der Waals surface area (Å²) in [7, 11) is 0. The summed E-state index contributed by atoms with van der Waals surface area (Å²) < 4.78 is 0. The molecule has 14 nitrogen and oxygen atoms in total. The van der Waals surface area contributed by atoms with E-state index >= 15 is 0 Å². The smallest absolute Gasteiger partial charge is 0.346 e. The average Bonchev–Trinajstić information content (AvgIpc) is 2.26. The lowest BCUT2D eigenvalue weighted by molar-refractivity contribution is -0.133. The summed E-state index contributed by atoms with van der Waals surface area (Å²) in [6, 6.07) is 76.4. The number of hydrogen-bond donors (Lipinski definition) is 4. The van der Waals surface area contributed by atoms with Crippen LogP contribution in [-0.2, 0) is 19.2 Å². The second-order valence-corrected chi connectivity index (χ2v) is 20.1. The third-order valence-electron chi connectivity index (χ3n) is 14.6. The Morgan fingerprint density at radius 3 is 0.865 bits per heavy atom. The molecule has 0 aromatic heterocycles. The van der Waals surface area contributed by atoms with E-state index in [0.29, 0.717) is 22.3 Å². The Labute approximate surface area is 512 Å². The normalized spacial score (nSPS) is 12.3. The zero-order valence-electron chi connectivity index (χ0n) is 47.0. The highest BCUT2D eigenvalue weighted by molar-refractivity contribution is 5.98. The number of anilines is 3. The van der Waals surface area contributed by atoms with Gasteiger partial charge in [0.2, 0.25) is 0 Å². The standard InChI is InChI=1S/C75H48N6O8/c1-80-69(75(88)89)44-52-10-20-60(21-11-52)70(57-14-4-48(5-15-57)3-2-40-76)61-26-22-53(23-27-61)55-30-36-67(37-31-55)81(66-34-12-51(13-35-66)43-65(47-79)74(86)87)68-38-32-56(33-39-68)54-24-28-62(29-25-54)71(58-16-6-49(7-17-58)41-63(45-77)72(82)83)59-18-8-50(9-19-59)42-64(46-78)73(84)85/h2-39,41-44,70-71H,(H,82,83)(H,84,85)(H,86,87)(H,88,89). The van der Waals surface area contributed by atoms with E-state index in [1.807, 2.05) is 152 Å². The molecule has 0 fully saturated rings. The van der Waals surface area contributed by atoms with E-state index in [4.69, 9.17) is 11.8 Å². The molecule has 0 amide bonds. The first-order valence-corrected chi connectivity index (χ1v) is 27.3. The number of nitrogens with zero attached hydrogens (tertiary/aromatic N) is 6. The number of allylic oxidation sites excluding steroid dienone is 1. The molecule has 14 heteroatoms. The fourth-order valence-corrected chi connectivity index (χ4v) is 10.2. The van der Waals surface area contributed by atoms with Gasteiger partial charge in [-0.2, -0.15) is 21.0 Å². The monoisotopic (exact) mass is 1160 g/mol. The van der Waals surface area contributed by atoms with Crippen LogP contribution in [0.3, 0.4) is 0 Å². The fourth-order valence-electron chi connectivity index (χ4n) is 10.2. The summed E-state index contributed by atoms with van der Waals surface area (Å²) in [5, 5.41) is 75.2. The van der Waals surface area contributed by atoms with E-state index in [2.05, 4.69) is 34.0 Å². The van der Waals surface area contributed by atoms with Crippen LogP contribution in [-0.4, -0.2) is 44.3 Å². The Hall–Kier alpha value is -13.2. The molecule has 0 saturated heterocycles. The van der Waals surface area contributed by atoms with Crippen molar-refractivity contribution in [2.75, 3.05) is 4.90 Å². The summed E-state index contributed by atoms with van der Waals surface area (Å²) in [6.07, 6.45) is 8.39. The van der Waals surface area contributed by atoms with Crippen molar-refractivity contribution in [3.63, 3.8) is 0 Å². The minimum atomic E-state index is -1.34. The van der Waals surface area contributed by atoms with E-state index in [-0.39, 0.29) is 11.8 Å². The van der Waals surface area contributed by atoms with Crippen LogP contribution >= 0.6 is 0 Å². The van der Waals surface area contributed by atoms with Gasteiger partial charge in [0.15, 0.2) is 0 Å². The molecule has 1 unspecified atom stereocenters. The predicted molar refractivity (Wildman–Crippen MR) is 340 cm³/mol. The third-order valence-corrected chi connectivity index (χ3v) is 14.6. The molecule has 0 aliphatic carbocycles. The average molecular weight is 1160 g/mol. The van der Waals surface area contributed by atoms with Gasteiger partial charge in [0, 0.05) is 35.0 Å². The zero-order valence-corrected chi connectivity index (χ0v) is 47.0. The van der Waals surface area contributed by atoms with Gasteiger partial charge in [0.05, 0.1) is 12.6 Å². The van der Waals surface area contributed by atoms with E-state index < -0.39 is 46.3 Å². The van der Waals surface area contributed by atoms with Gasteiger partial charge in [-0.05, 0) is 150 Å². The fraction of sp³-hybridized carbons (Fsp3) is 0.0267. The number of hydrogen-bond acceptors (Lipinski definition) is 9. The highest BCUT2D eigenvalue weighted by Crippen LogP contribution is 2.40. The van der Waals surface area contributed by atoms with Crippen molar-refractivity contribution in [2.24, 2.45) is 0 Å². The maximum atomic E-state index is 11.7. The van der Waals surface area contributed by atoms with Crippen LogP contribution in [0.2, 0.25) is 0 Å². The zero-order chi connectivity index (χ0) is 63.0. The van der Waals surface area contributed by atoms with E-state index in [0.717, 1.165) is 78.3 Å². The van der Waals surface area contributed by atoms with Crippen LogP contribution in [0.5, 0.6) is 0 Å². The molecule has 0 spiro atoms. The minimum Gasteiger partial charge on any atom is -0.486 e. The van der Waals surface area contributed by atoms with Crippen LogP contribution in [0.25, 0.3) is 57.5 Å². The number of nitriles is 4. The Morgan fingerprint density at radius 1 is 0.360 bits per heavy atom. The summed E-state index contributed by atoms with van der Waals surface area (Å²) in [5.41, 5.74) is 13.0. The summed E-state index contributed by atoms with van der Waals surface area (Å²) in [5.74, 6) is -5.89. The first-order chi connectivity index (χ1) is 43.2. The number of benzene rings is 9. The van der Waals surface area contributed by atoms with Crippen LogP contribution < -0.4 is 4.90 Å². The molecule has 89 heavy (non-hydrogen) atoms. The maximum Gasteiger partial charge on any atom is 0.346 e. The van der Waals surface area contributed by atoms with Gasteiger partial charge in [0.1, 0.15) is 34.9 Å². The molecule has 0 aliphatic rings. The molecule has 4 N–H and O–H groups in total. The largest absolute Gasteiger partial charge is 0.486 e. The molecule has 0 aliphatic heterocycles. The number of aliphatic carboxylic acids is 4. The third kappa shape index (κ3) is 14.6. The molecule has 0 saturated carbocycles. The molecule has 0 heterocycles. The Kier molecular flexibility index (Phi) is 19.0. The summed E-state index contributed by atoms with van der Waals surface area (Å²) >= 11 is 0. The van der Waals surface area contributed by atoms with Crippen molar-refractivity contribution >= 4 is 71.3 Å². The molecular formula is C75H48N6O8. The molecule has 9 aromatic carbocycles. The van der Waals surface area contributed by atoms with Crippen LogP contribution in [0.4, 0.5) is 17.1 Å². The maximum absolute atomic E-state index is 11.7. The number of rotatable bonds is 20. The second-order valence-electron chi connectivity index (χ2n) is 20.1. The molecule has 0 bridgehead atoms. The lowest BCUT2D eigenvalue weighted by atomic mass is 9.84. The van der Waals surface area contributed by atoms with Gasteiger partial charge in [-0.1, -0.05) is 182 Å². The second kappa shape index (κ2) is 27.9. The van der Waals surface area contributed by atoms with Gasteiger partial charge >= 0.3 is 23.9 Å². The van der Waals surface area contributed by atoms with Gasteiger partial charge in [-0.15, -0.1) is 0 Å². The van der Waals surface area contributed by atoms with Crippen LogP contribution in [0.1, 0.15) is 73.0 Å². The van der Waals surface area contributed by atoms with Crippen molar-refractivity contribution in [1.82, 2.24) is 0 Å². The van der Waals surface area contributed by atoms with E-state index in [1.54, 1.807) is 72.8 Å². The van der Waals surface area contributed by atoms with Gasteiger partial charge in [-0.3, -0.25) is 4.79 Å². The Bertz CT molecular complexity index is 4450. The van der Waals surface area contributed by atoms with Crippen molar-refractivity contribution in [3.8, 4) is 46.5 Å². The number of carboxylic acid groups (broad SMARTS) is 4. The highest BCUT2D eigenvalue weighted by atomic mass is 16.4. The van der Waals surface area contributed by atoms with E-state index in [1.165, 1.54) is 30.4 Å².